The molecule has 5 heteroatoms. The van der Waals surface area contributed by atoms with Crippen molar-refractivity contribution in [1.82, 2.24) is 10.2 Å². The highest BCUT2D eigenvalue weighted by molar-refractivity contribution is 5.74. The maximum atomic E-state index is 12.5. The average Bonchev–Trinajstić information content (AvgIpc) is 2.75. The Bertz CT molecular complexity index is 718. The molecule has 0 spiro atoms. The molecule has 0 radical (unpaired) electrons. The number of nitrogens with zero attached hydrogens (tertiary/aromatic N) is 1. The van der Waals surface area contributed by atoms with Crippen LogP contribution in [0.15, 0.2) is 54.6 Å². The van der Waals surface area contributed by atoms with Crippen LogP contribution in [0.2, 0.25) is 0 Å². The Morgan fingerprint density at radius 1 is 1.11 bits per heavy atom. The number of benzene rings is 2. The van der Waals surface area contributed by atoms with Crippen molar-refractivity contribution < 1.29 is 14.3 Å². The van der Waals surface area contributed by atoms with Gasteiger partial charge < -0.3 is 19.7 Å². The first kappa shape index (κ1) is 20.2. The minimum Gasteiger partial charge on any atom is -0.497 e. The third kappa shape index (κ3) is 6.27. The first-order valence-corrected chi connectivity index (χ1v) is 10.0. The quantitative estimate of drug-likeness (QED) is 0.754. The van der Waals surface area contributed by atoms with Crippen molar-refractivity contribution in [3.63, 3.8) is 0 Å². The Labute approximate surface area is 167 Å². The maximum Gasteiger partial charge on any atom is 0.317 e. The molecule has 0 aromatic heterocycles. The molecule has 2 aromatic rings. The molecule has 28 heavy (non-hydrogen) atoms. The van der Waals surface area contributed by atoms with E-state index in [9.17, 15) is 4.79 Å². The number of hydrogen-bond donors (Lipinski definition) is 1. The molecule has 1 aliphatic heterocycles. The second-order valence-corrected chi connectivity index (χ2v) is 7.29. The monoisotopic (exact) mass is 382 g/mol. The fraction of sp³-hybridized carbons (Fsp3) is 0.435. The van der Waals surface area contributed by atoms with E-state index in [-0.39, 0.29) is 6.03 Å². The fourth-order valence-corrected chi connectivity index (χ4v) is 3.52. The maximum absolute atomic E-state index is 12.5. The van der Waals surface area contributed by atoms with Crippen molar-refractivity contribution in [1.29, 1.82) is 0 Å². The van der Waals surface area contributed by atoms with Crippen molar-refractivity contribution in [2.24, 2.45) is 5.92 Å². The van der Waals surface area contributed by atoms with E-state index < -0.39 is 0 Å². The molecule has 2 aromatic carbocycles. The van der Waals surface area contributed by atoms with Gasteiger partial charge in [-0.1, -0.05) is 42.5 Å². The summed E-state index contributed by atoms with van der Waals surface area (Å²) < 4.78 is 11.0. The number of rotatable bonds is 8. The van der Waals surface area contributed by atoms with Crippen LogP contribution < -0.4 is 10.1 Å². The van der Waals surface area contributed by atoms with Gasteiger partial charge in [-0.15, -0.1) is 0 Å². The van der Waals surface area contributed by atoms with Crippen LogP contribution in [0.25, 0.3) is 0 Å². The van der Waals surface area contributed by atoms with E-state index in [2.05, 4.69) is 17.4 Å². The lowest BCUT2D eigenvalue weighted by Gasteiger charge is -2.32. The highest BCUT2D eigenvalue weighted by Gasteiger charge is 2.23. The van der Waals surface area contributed by atoms with Crippen molar-refractivity contribution in [2.75, 3.05) is 33.4 Å². The Kier molecular flexibility index (Phi) is 7.73. The second-order valence-electron chi connectivity index (χ2n) is 7.29. The summed E-state index contributed by atoms with van der Waals surface area (Å²) in [6, 6.07) is 18.2. The molecule has 1 fully saturated rings. The zero-order chi connectivity index (χ0) is 19.6. The predicted molar refractivity (Wildman–Crippen MR) is 110 cm³/mol. The minimum atomic E-state index is 0.0290. The number of carbonyl (C=O) groups excluding carboxylic acids is 1. The number of amides is 2. The summed E-state index contributed by atoms with van der Waals surface area (Å²) in [5.41, 5.74) is 2.37. The zero-order valence-corrected chi connectivity index (χ0v) is 16.6. The Morgan fingerprint density at radius 2 is 1.89 bits per heavy atom. The molecular weight excluding hydrogens is 352 g/mol. The van der Waals surface area contributed by atoms with Gasteiger partial charge >= 0.3 is 6.03 Å². The summed E-state index contributed by atoms with van der Waals surface area (Å²) in [6.07, 6.45) is 2.96. The highest BCUT2D eigenvalue weighted by atomic mass is 16.5. The molecule has 1 aliphatic rings. The Balaban J connectivity index is 1.36. The van der Waals surface area contributed by atoms with Crippen LogP contribution >= 0.6 is 0 Å². The van der Waals surface area contributed by atoms with Gasteiger partial charge in [-0.3, -0.25) is 0 Å². The number of methoxy groups -OCH3 is 1. The smallest absolute Gasteiger partial charge is 0.317 e. The predicted octanol–water partition coefficient (Wildman–Crippen LogP) is 3.88. The molecule has 2 amide bonds. The number of likely N-dealkylation sites (tertiary alicyclic amines) is 1. The van der Waals surface area contributed by atoms with E-state index in [4.69, 9.17) is 9.47 Å². The summed E-state index contributed by atoms with van der Waals surface area (Å²) in [6.45, 7) is 3.56. The van der Waals surface area contributed by atoms with Crippen LogP contribution in [0, 0.1) is 5.92 Å². The van der Waals surface area contributed by atoms with Crippen LogP contribution in [-0.2, 0) is 17.8 Å². The highest BCUT2D eigenvalue weighted by Crippen LogP contribution is 2.17. The van der Waals surface area contributed by atoms with Gasteiger partial charge in [-0.25, -0.2) is 4.79 Å². The van der Waals surface area contributed by atoms with Crippen LogP contribution in [0.1, 0.15) is 24.0 Å². The van der Waals surface area contributed by atoms with Crippen molar-refractivity contribution >= 4 is 6.03 Å². The molecule has 0 bridgehead atoms. The first-order chi connectivity index (χ1) is 13.7. The molecule has 0 aliphatic carbocycles. The lowest BCUT2D eigenvalue weighted by atomic mass is 9.99. The van der Waals surface area contributed by atoms with Crippen LogP contribution in [0.4, 0.5) is 4.79 Å². The lowest BCUT2D eigenvalue weighted by Crippen LogP contribution is -2.46. The van der Waals surface area contributed by atoms with E-state index in [0.717, 1.165) is 38.1 Å². The number of carbonyl (C=O) groups is 1. The van der Waals surface area contributed by atoms with E-state index in [0.29, 0.717) is 25.7 Å². The van der Waals surface area contributed by atoms with Crippen LogP contribution in [0.3, 0.4) is 0 Å². The SMILES string of the molecule is COc1ccc(CCNC(=O)N2CCCC(COCc3ccccc3)C2)cc1. The topological polar surface area (TPSA) is 50.8 Å². The number of hydrogen-bond acceptors (Lipinski definition) is 3. The summed E-state index contributed by atoms with van der Waals surface area (Å²) in [5, 5.41) is 3.05. The number of nitrogens with one attached hydrogen (secondary N) is 1. The van der Waals surface area contributed by atoms with E-state index in [1.165, 1.54) is 11.1 Å². The van der Waals surface area contributed by atoms with Crippen molar-refractivity contribution in [2.45, 2.75) is 25.9 Å². The second kappa shape index (κ2) is 10.7. The van der Waals surface area contributed by atoms with Gasteiger partial charge in [0.25, 0.3) is 0 Å². The molecule has 1 heterocycles. The van der Waals surface area contributed by atoms with Crippen molar-refractivity contribution in [3.05, 3.63) is 65.7 Å². The lowest BCUT2D eigenvalue weighted by molar-refractivity contribution is 0.0591. The van der Waals surface area contributed by atoms with Gasteiger partial charge in [-0.2, -0.15) is 0 Å². The van der Waals surface area contributed by atoms with Gasteiger partial charge in [0, 0.05) is 25.6 Å². The van der Waals surface area contributed by atoms with Crippen LogP contribution in [0.5, 0.6) is 5.75 Å². The molecule has 1 saturated heterocycles. The summed E-state index contributed by atoms with van der Waals surface area (Å²) in [4.78, 5) is 14.4. The third-order valence-electron chi connectivity index (χ3n) is 5.12. The largest absolute Gasteiger partial charge is 0.497 e. The van der Waals surface area contributed by atoms with E-state index >= 15 is 0 Å². The Morgan fingerprint density at radius 3 is 2.64 bits per heavy atom. The van der Waals surface area contributed by atoms with Crippen molar-refractivity contribution in [3.8, 4) is 5.75 Å². The van der Waals surface area contributed by atoms with E-state index in [1.807, 2.05) is 47.4 Å². The zero-order valence-electron chi connectivity index (χ0n) is 16.6. The number of piperidine rings is 1. The standard InChI is InChI=1S/C23H30N2O3/c1-27-22-11-9-19(10-12-22)13-14-24-23(26)25-15-5-8-21(16-25)18-28-17-20-6-3-2-4-7-20/h2-4,6-7,9-12,21H,5,8,13-18H2,1H3,(H,24,26). The van der Waals surface area contributed by atoms with Crippen LogP contribution in [-0.4, -0.2) is 44.3 Å². The molecule has 1 N–H and O–H groups in total. The molecule has 150 valence electrons. The molecular formula is C23H30N2O3. The summed E-state index contributed by atoms with van der Waals surface area (Å²) >= 11 is 0. The number of ether oxygens (including phenoxy) is 2. The Hall–Kier alpha value is -2.53. The van der Waals surface area contributed by atoms with Gasteiger partial charge in [0.15, 0.2) is 0 Å². The molecule has 0 saturated carbocycles. The molecule has 1 unspecified atom stereocenters. The fourth-order valence-electron chi connectivity index (χ4n) is 3.52. The van der Waals surface area contributed by atoms with Gasteiger partial charge in [-0.05, 0) is 42.5 Å². The molecule has 1 atom stereocenters. The molecule has 5 nitrogen and oxygen atoms in total. The summed E-state index contributed by atoms with van der Waals surface area (Å²) in [5.74, 6) is 1.26. The first-order valence-electron chi connectivity index (χ1n) is 10.0. The third-order valence-corrected chi connectivity index (χ3v) is 5.12. The van der Waals surface area contributed by atoms with Gasteiger partial charge in [0.2, 0.25) is 0 Å². The summed E-state index contributed by atoms with van der Waals surface area (Å²) in [7, 11) is 1.66. The number of urea groups is 1. The van der Waals surface area contributed by atoms with Gasteiger partial charge in [0.05, 0.1) is 20.3 Å². The van der Waals surface area contributed by atoms with Gasteiger partial charge in [0.1, 0.15) is 5.75 Å². The molecule has 3 rings (SSSR count). The minimum absolute atomic E-state index is 0.0290. The average molecular weight is 383 g/mol. The van der Waals surface area contributed by atoms with E-state index in [1.54, 1.807) is 7.11 Å². The normalized spacial score (nSPS) is 16.6.